The lowest BCUT2D eigenvalue weighted by Crippen LogP contribution is -2.26. The van der Waals surface area contributed by atoms with Crippen LogP contribution in [-0.4, -0.2) is 18.3 Å². The Hall–Kier alpha value is -2.15. The number of nitrogens with zero attached hydrogens (tertiary/aromatic N) is 1. The number of halogens is 5. The maximum Gasteiger partial charge on any atom is 0.446 e. The van der Waals surface area contributed by atoms with Crippen molar-refractivity contribution in [2.75, 3.05) is 7.11 Å². The van der Waals surface area contributed by atoms with E-state index in [0.717, 1.165) is 28.0 Å². The van der Waals surface area contributed by atoms with Crippen molar-refractivity contribution in [2.24, 2.45) is 4.99 Å². The van der Waals surface area contributed by atoms with Crippen molar-refractivity contribution in [2.45, 2.75) is 28.6 Å². The number of hydrogen-bond acceptors (Lipinski definition) is 3. The quantitative estimate of drug-likeness (QED) is 0.267. The highest BCUT2D eigenvalue weighted by molar-refractivity contribution is 8.00. The molecular formula is C24H18Cl2F3NOS. The zero-order valence-electron chi connectivity index (χ0n) is 17.1. The Labute approximate surface area is 198 Å². The predicted molar refractivity (Wildman–Crippen MR) is 126 cm³/mol. The number of alkyl halides is 4. The second-order valence-electron chi connectivity index (χ2n) is 7.48. The summed E-state index contributed by atoms with van der Waals surface area (Å²) >= 11 is 13.4. The molecule has 0 amide bonds. The van der Waals surface area contributed by atoms with Crippen molar-refractivity contribution >= 4 is 46.4 Å². The largest absolute Gasteiger partial charge is 0.495 e. The second kappa shape index (κ2) is 8.65. The Kier molecular flexibility index (Phi) is 6.23. The highest BCUT2D eigenvalue weighted by Gasteiger charge is 2.38. The van der Waals surface area contributed by atoms with Crippen LogP contribution in [0.2, 0.25) is 5.02 Å². The molecule has 166 valence electrons. The molecule has 4 rings (SSSR count). The van der Waals surface area contributed by atoms with Crippen LogP contribution in [0.3, 0.4) is 0 Å². The van der Waals surface area contributed by atoms with Crippen LogP contribution >= 0.6 is 35.0 Å². The van der Waals surface area contributed by atoms with Crippen LogP contribution in [0.1, 0.15) is 24.5 Å². The molecule has 1 unspecified atom stereocenters. The molecule has 8 heteroatoms. The molecule has 1 atom stereocenters. The maximum absolute atomic E-state index is 12.5. The molecule has 2 nitrogen and oxygen atoms in total. The van der Waals surface area contributed by atoms with Crippen LogP contribution in [0.4, 0.5) is 18.9 Å². The van der Waals surface area contributed by atoms with Crippen LogP contribution in [0.5, 0.6) is 5.75 Å². The molecule has 1 heterocycles. The number of rotatable bonds is 4. The Morgan fingerprint density at radius 1 is 1.00 bits per heavy atom. The summed E-state index contributed by atoms with van der Waals surface area (Å²) in [5.74, 6) is 0.533. The van der Waals surface area contributed by atoms with Gasteiger partial charge in [-0.05, 0) is 53.6 Å². The number of benzene rings is 3. The van der Waals surface area contributed by atoms with E-state index in [1.54, 1.807) is 31.4 Å². The van der Waals surface area contributed by atoms with E-state index in [1.807, 2.05) is 31.2 Å². The molecule has 0 radical (unpaired) electrons. The first kappa shape index (κ1) is 23.0. The molecule has 0 fully saturated rings. The van der Waals surface area contributed by atoms with Crippen LogP contribution in [0.25, 0.3) is 11.1 Å². The van der Waals surface area contributed by atoms with E-state index in [2.05, 4.69) is 4.99 Å². The minimum absolute atomic E-state index is 0.126. The number of thioether (sulfide) groups is 1. The van der Waals surface area contributed by atoms with E-state index in [0.29, 0.717) is 22.9 Å². The summed E-state index contributed by atoms with van der Waals surface area (Å²) in [6, 6.07) is 17.6. The van der Waals surface area contributed by atoms with Gasteiger partial charge < -0.3 is 4.74 Å². The summed E-state index contributed by atoms with van der Waals surface area (Å²) in [5, 5.41) is 0.458. The smallest absolute Gasteiger partial charge is 0.446 e. The minimum atomic E-state index is -4.30. The van der Waals surface area contributed by atoms with Crippen molar-refractivity contribution in [1.82, 2.24) is 0 Å². The van der Waals surface area contributed by atoms with Gasteiger partial charge in [-0.25, -0.2) is 0 Å². The topological polar surface area (TPSA) is 21.6 Å². The third-order valence-corrected chi connectivity index (χ3v) is 6.86. The summed E-state index contributed by atoms with van der Waals surface area (Å²) in [6.45, 7) is 1.93. The minimum Gasteiger partial charge on any atom is -0.495 e. The molecule has 3 aromatic rings. The molecule has 32 heavy (non-hydrogen) atoms. The van der Waals surface area contributed by atoms with E-state index in [1.165, 1.54) is 12.1 Å². The van der Waals surface area contributed by atoms with Gasteiger partial charge in [0.1, 0.15) is 10.6 Å². The zero-order valence-corrected chi connectivity index (χ0v) is 19.5. The molecule has 3 aromatic carbocycles. The molecule has 0 N–H and O–H groups in total. The number of hydrogen-bond donors (Lipinski definition) is 0. The van der Waals surface area contributed by atoms with Crippen LogP contribution in [0.15, 0.2) is 70.6 Å². The third-order valence-electron chi connectivity index (χ3n) is 5.27. The van der Waals surface area contributed by atoms with Gasteiger partial charge in [-0.1, -0.05) is 48.0 Å². The Bertz CT molecular complexity index is 1180. The molecule has 0 bridgehead atoms. The summed E-state index contributed by atoms with van der Waals surface area (Å²) in [6.07, 6.45) is 0.521. The molecule has 1 aliphatic heterocycles. The van der Waals surface area contributed by atoms with Crippen molar-refractivity contribution in [3.8, 4) is 16.9 Å². The van der Waals surface area contributed by atoms with Gasteiger partial charge in [0.25, 0.3) is 0 Å². The van der Waals surface area contributed by atoms with Crippen molar-refractivity contribution < 1.29 is 17.9 Å². The number of fused-ring (bicyclic) bond motifs is 1. The zero-order chi connectivity index (χ0) is 23.1. The monoisotopic (exact) mass is 495 g/mol. The van der Waals surface area contributed by atoms with E-state index < -0.39 is 10.4 Å². The first-order valence-electron chi connectivity index (χ1n) is 9.67. The molecule has 0 saturated heterocycles. The van der Waals surface area contributed by atoms with Crippen molar-refractivity contribution in [3.05, 3.63) is 76.8 Å². The number of methoxy groups -OCH3 is 1. The summed E-state index contributed by atoms with van der Waals surface area (Å²) in [4.78, 5) is 3.93. The maximum atomic E-state index is 12.5. The van der Waals surface area contributed by atoms with Gasteiger partial charge in [0, 0.05) is 28.7 Å². The Morgan fingerprint density at radius 3 is 2.16 bits per heavy atom. The van der Waals surface area contributed by atoms with Gasteiger partial charge in [0.2, 0.25) is 0 Å². The highest BCUT2D eigenvalue weighted by Crippen LogP contribution is 2.50. The van der Waals surface area contributed by atoms with Crippen molar-refractivity contribution in [1.29, 1.82) is 0 Å². The first-order chi connectivity index (χ1) is 15.1. The first-order valence-corrected chi connectivity index (χ1v) is 11.2. The van der Waals surface area contributed by atoms with Gasteiger partial charge in [0.15, 0.2) is 0 Å². The van der Waals surface area contributed by atoms with Gasteiger partial charge in [0.05, 0.1) is 17.8 Å². The van der Waals surface area contributed by atoms with Gasteiger partial charge >= 0.3 is 5.51 Å². The SMILES string of the molecule is COc1cc2c(cc1Cl)C(Cl)(c1ccc(-c3ccc(SC(F)(F)F)cc3)cc1)CC(C)=N2. The number of aliphatic imine (C=N–C) groups is 1. The van der Waals surface area contributed by atoms with Gasteiger partial charge in [-0.15, -0.1) is 11.6 Å². The molecule has 0 saturated carbocycles. The van der Waals surface area contributed by atoms with E-state index in [4.69, 9.17) is 27.9 Å². The van der Waals surface area contributed by atoms with E-state index >= 15 is 0 Å². The summed E-state index contributed by atoms with van der Waals surface area (Å²) in [5.41, 5.74) is 0.682. The lowest BCUT2D eigenvalue weighted by molar-refractivity contribution is -0.0328. The standard InChI is InChI=1S/C24H18Cl2F3NOS/c1-14-13-23(26,19-11-20(25)22(31-2)12-21(19)30-14)17-7-3-15(4-8-17)16-5-9-18(10-6-16)32-24(27,28)29/h3-12H,13H2,1-2H3. The van der Waals surface area contributed by atoms with Crippen LogP contribution in [0, 0.1) is 0 Å². The van der Waals surface area contributed by atoms with Crippen LogP contribution in [-0.2, 0) is 4.87 Å². The molecule has 0 spiro atoms. The molecule has 1 aliphatic rings. The van der Waals surface area contributed by atoms with Crippen molar-refractivity contribution in [3.63, 3.8) is 0 Å². The molecular weight excluding hydrogens is 478 g/mol. The fraction of sp³-hybridized carbons (Fsp3) is 0.208. The Morgan fingerprint density at radius 2 is 1.59 bits per heavy atom. The molecule has 0 aliphatic carbocycles. The predicted octanol–water partition coefficient (Wildman–Crippen LogP) is 8.61. The summed E-state index contributed by atoms with van der Waals surface area (Å²) < 4.78 is 43.0. The lowest BCUT2D eigenvalue weighted by atomic mass is 9.82. The van der Waals surface area contributed by atoms with E-state index in [9.17, 15) is 13.2 Å². The number of ether oxygens (including phenoxy) is 1. The Balaban J connectivity index is 1.66. The third kappa shape index (κ3) is 4.63. The fourth-order valence-electron chi connectivity index (χ4n) is 3.84. The van der Waals surface area contributed by atoms with E-state index in [-0.39, 0.29) is 16.7 Å². The second-order valence-corrected chi connectivity index (χ2v) is 9.67. The van der Waals surface area contributed by atoms with Crippen LogP contribution < -0.4 is 4.74 Å². The van der Waals surface area contributed by atoms with Gasteiger partial charge in [-0.3, -0.25) is 4.99 Å². The molecule has 0 aromatic heterocycles. The fourth-order valence-corrected chi connectivity index (χ4v) is 5.09. The average Bonchev–Trinajstić information content (AvgIpc) is 2.73. The van der Waals surface area contributed by atoms with Gasteiger partial charge in [-0.2, -0.15) is 13.2 Å². The highest BCUT2D eigenvalue weighted by atomic mass is 35.5. The lowest BCUT2D eigenvalue weighted by Gasteiger charge is -2.33. The summed E-state index contributed by atoms with van der Waals surface area (Å²) in [7, 11) is 1.55. The normalized spacial score (nSPS) is 18.2. The average molecular weight is 496 g/mol.